The number of isocyanates is 1. The maximum Gasteiger partial charge on any atom is 0.407 e. The number of amides is 1. The highest BCUT2D eigenvalue weighted by Gasteiger charge is 2.06. The number of benzene rings is 1. The summed E-state index contributed by atoms with van der Waals surface area (Å²) in [6.45, 7) is 0.0971. The predicted molar refractivity (Wildman–Crippen MR) is 67.1 cm³/mol. The quantitative estimate of drug-likeness (QED) is 0.617. The Labute approximate surface area is 114 Å². The highest BCUT2D eigenvalue weighted by molar-refractivity contribution is 5.67. The van der Waals surface area contributed by atoms with Crippen molar-refractivity contribution in [3.8, 4) is 0 Å². The molecular formula is C13H14F2N2O3. The summed E-state index contributed by atoms with van der Waals surface area (Å²) < 4.78 is 28.2. The summed E-state index contributed by atoms with van der Waals surface area (Å²) >= 11 is 0. The van der Waals surface area contributed by atoms with Gasteiger partial charge in [-0.1, -0.05) is 24.3 Å². The molecule has 0 saturated heterocycles. The Hall–Kier alpha value is -2.27. The van der Waals surface area contributed by atoms with Crippen LogP contribution in [0.2, 0.25) is 0 Å². The summed E-state index contributed by atoms with van der Waals surface area (Å²) in [5.41, 5.74) is 1.59. The number of nitrogens with one attached hydrogen (secondary N) is 1. The second-order valence-corrected chi connectivity index (χ2v) is 3.90. The Morgan fingerprint density at radius 2 is 2.15 bits per heavy atom. The predicted octanol–water partition coefficient (Wildman–Crippen LogP) is 2.40. The highest BCUT2D eigenvalue weighted by Crippen LogP contribution is 2.06. The van der Waals surface area contributed by atoms with E-state index in [2.05, 4.69) is 15.0 Å². The van der Waals surface area contributed by atoms with Gasteiger partial charge in [-0.3, -0.25) is 0 Å². The fourth-order valence-electron chi connectivity index (χ4n) is 1.43. The van der Waals surface area contributed by atoms with Crippen LogP contribution in [-0.2, 0) is 22.6 Å². The number of carbonyl (C=O) groups excluding carboxylic acids is 2. The van der Waals surface area contributed by atoms with Crippen molar-refractivity contribution in [2.45, 2.75) is 25.9 Å². The summed E-state index contributed by atoms with van der Waals surface area (Å²) in [4.78, 5) is 24.7. The molecule has 0 saturated carbocycles. The molecule has 5 nitrogen and oxygen atoms in total. The van der Waals surface area contributed by atoms with Gasteiger partial charge in [0.25, 0.3) is 0 Å². The van der Waals surface area contributed by atoms with Gasteiger partial charge in [0.05, 0.1) is 13.2 Å². The van der Waals surface area contributed by atoms with Crippen molar-refractivity contribution in [1.29, 1.82) is 0 Å². The summed E-state index contributed by atoms with van der Waals surface area (Å²) in [5.74, 6) is 0. The number of ether oxygens (including phenoxy) is 1. The van der Waals surface area contributed by atoms with E-state index in [4.69, 9.17) is 0 Å². The fourth-order valence-corrected chi connectivity index (χ4v) is 1.43. The molecule has 0 fully saturated rings. The lowest BCUT2D eigenvalue weighted by Crippen LogP contribution is -2.24. The third-order valence-electron chi connectivity index (χ3n) is 2.32. The van der Waals surface area contributed by atoms with Gasteiger partial charge in [0.1, 0.15) is 0 Å². The largest absolute Gasteiger partial charge is 0.449 e. The Balaban J connectivity index is 2.37. The van der Waals surface area contributed by atoms with Gasteiger partial charge in [-0.2, -0.15) is 0 Å². The Morgan fingerprint density at radius 1 is 1.40 bits per heavy atom. The van der Waals surface area contributed by atoms with Crippen molar-refractivity contribution in [2.24, 2.45) is 4.99 Å². The number of carbonyl (C=O) groups is 1. The average molecular weight is 284 g/mol. The normalized spacial score (nSPS) is 9.95. The average Bonchev–Trinajstić information content (AvgIpc) is 2.43. The molecule has 0 atom stereocenters. The maximum atomic E-state index is 11.8. The monoisotopic (exact) mass is 284 g/mol. The molecule has 0 radical (unpaired) electrons. The highest BCUT2D eigenvalue weighted by atomic mass is 19.3. The van der Waals surface area contributed by atoms with E-state index in [1.807, 2.05) is 0 Å². The Morgan fingerprint density at radius 3 is 2.85 bits per heavy atom. The number of nitrogens with zero attached hydrogens (tertiary/aromatic N) is 1. The first-order valence-corrected chi connectivity index (χ1v) is 5.92. The lowest BCUT2D eigenvalue weighted by Gasteiger charge is -2.07. The van der Waals surface area contributed by atoms with E-state index in [1.54, 1.807) is 24.3 Å². The van der Waals surface area contributed by atoms with Crippen molar-refractivity contribution in [3.63, 3.8) is 0 Å². The van der Waals surface area contributed by atoms with Crippen LogP contribution in [0.5, 0.6) is 0 Å². The summed E-state index contributed by atoms with van der Waals surface area (Å²) in [7, 11) is 0. The molecule has 0 spiro atoms. The third-order valence-corrected chi connectivity index (χ3v) is 2.32. The summed E-state index contributed by atoms with van der Waals surface area (Å²) in [5, 5.41) is 2.44. The number of alkyl halides is 2. The van der Waals surface area contributed by atoms with Crippen molar-refractivity contribution < 1.29 is 23.1 Å². The van der Waals surface area contributed by atoms with E-state index in [0.29, 0.717) is 0 Å². The minimum Gasteiger partial charge on any atom is -0.449 e. The topological polar surface area (TPSA) is 67.8 Å². The minimum atomic E-state index is -2.49. The molecule has 0 aliphatic heterocycles. The molecule has 1 amide bonds. The SMILES string of the molecule is O=C=NCc1cccc(CNC(=O)OCCC(F)F)c1. The molecule has 20 heavy (non-hydrogen) atoms. The lowest BCUT2D eigenvalue weighted by atomic mass is 10.1. The van der Waals surface area contributed by atoms with Crippen molar-refractivity contribution >= 4 is 12.2 Å². The van der Waals surface area contributed by atoms with Gasteiger partial charge in [-0.25, -0.2) is 23.4 Å². The molecule has 108 valence electrons. The zero-order chi connectivity index (χ0) is 14.8. The number of rotatable bonds is 7. The Bertz CT molecular complexity index is 488. The molecular weight excluding hydrogens is 270 g/mol. The lowest BCUT2D eigenvalue weighted by molar-refractivity contribution is 0.0892. The number of hydrogen-bond donors (Lipinski definition) is 1. The maximum absolute atomic E-state index is 11.8. The molecule has 0 heterocycles. The molecule has 1 N–H and O–H groups in total. The van der Waals surface area contributed by atoms with Gasteiger partial charge < -0.3 is 10.1 Å². The van der Waals surface area contributed by atoms with Gasteiger partial charge >= 0.3 is 6.09 Å². The summed E-state index contributed by atoms with van der Waals surface area (Å²) in [6, 6.07) is 7.08. The summed E-state index contributed by atoms with van der Waals surface area (Å²) in [6.07, 6.45) is -2.27. The van der Waals surface area contributed by atoms with Crippen LogP contribution in [0, 0.1) is 0 Å². The molecule has 1 aromatic carbocycles. The standard InChI is InChI=1S/C13H14F2N2O3/c14-12(15)4-5-20-13(19)17-8-11-3-1-2-10(6-11)7-16-9-18/h1-3,6,12H,4-5,7-8H2,(H,17,19). The van der Waals surface area contributed by atoms with Crippen LogP contribution in [0.1, 0.15) is 17.5 Å². The molecule has 0 bridgehead atoms. The van der Waals surface area contributed by atoms with Crippen LogP contribution in [0.3, 0.4) is 0 Å². The Kier molecular flexibility index (Phi) is 6.92. The molecule has 0 unspecified atom stereocenters. The number of aliphatic imine (C=N–C) groups is 1. The molecule has 7 heteroatoms. The van der Waals surface area contributed by atoms with Gasteiger partial charge in [-0.15, -0.1) is 0 Å². The van der Waals surface area contributed by atoms with Gasteiger partial charge in [0.15, 0.2) is 0 Å². The van der Waals surface area contributed by atoms with E-state index in [0.717, 1.165) is 11.1 Å². The van der Waals surface area contributed by atoms with Crippen molar-refractivity contribution in [2.75, 3.05) is 6.61 Å². The van der Waals surface area contributed by atoms with E-state index >= 15 is 0 Å². The molecule has 1 aromatic rings. The first-order chi connectivity index (χ1) is 9.61. The van der Waals surface area contributed by atoms with Crippen LogP contribution >= 0.6 is 0 Å². The van der Waals surface area contributed by atoms with Gasteiger partial charge in [0, 0.05) is 13.0 Å². The van der Waals surface area contributed by atoms with Crippen molar-refractivity contribution in [1.82, 2.24) is 5.32 Å². The second kappa shape index (κ2) is 8.77. The molecule has 0 aliphatic carbocycles. The number of hydrogen-bond acceptors (Lipinski definition) is 4. The fraction of sp³-hybridized carbons (Fsp3) is 0.385. The zero-order valence-corrected chi connectivity index (χ0v) is 10.6. The first kappa shape index (κ1) is 15.8. The molecule has 0 aromatic heterocycles. The molecule has 1 rings (SSSR count). The van der Waals surface area contributed by atoms with Crippen LogP contribution in [0.15, 0.2) is 29.3 Å². The van der Waals surface area contributed by atoms with E-state index < -0.39 is 18.9 Å². The smallest absolute Gasteiger partial charge is 0.407 e. The van der Waals surface area contributed by atoms with Crippen LogP contribution < -0.4 is 5.32 Å². The van der Waals surface area contributed by atoms with E-state index in [1.165, 1.54) is 6.08 Å². The first-order valence-electron chi connectivity index (χ1n) is 5.92. The van der Waals surface area contributed by atoms with E-state index in [-0.39, 0.29) is 19.7 Å². The van der Waals surface area contributed by atoms with Crippen molar-refractivity contribution in [3.05, 3.63) is 35.4 Å². The second-order valence-electron chi connectivity index (χ2n) is 3.90. The van der Waals surface area contributed by atoms with Crippen LogP contribution in [-0.4, -0.2) is 25.2 Å². The van der Waals surface area contributed by atoms with Crippen LogP contribution in [0.4, 0.5) is 13.6 Å². The van der Waals surface area contributed by atoms with E-state index in [9.17, 15) is 18.4 Å². The number of alkyl carbamates (subject to hydrolysis) is 1. The molecule has 0 aliphatic rings. The van der Waals surface area contributed by atoms with Gasteiger partial charge in [-0.05, 0) is 11.1 Å². The number of halogens is 2. The third kappa shape index (κ3) is 6.61. The van der Waals surface area contributed by atoms with Crippen LogP contribution in [0.25, 0.3) is 0 Å². The zero-order valence-electron chi connectivity index (χ0n) is 10.6. The minimum absolute atomic E-state index is 0.201. The van der Waals surface area contributed by atoms with Gasteiger partial charge in [0.2, 0.25) is 12.5 Å².